The van der Waals surface area contributed by atoms with E-state index in [1.807, 2.05) is 25.4 Å². The first-order valence-electron chi connectivity index (χ1n) is 11.1. The van der Waals surface area contributed by atoms with E-state index in [-0.39, 0.29) is 17.7 Å². The maximum Gasteiger partial charge on any atom is 0.320 e. The summed E-state index contributed by atoms with van der Waals surface area (Å²) in [7, 11) is 1.85. The van der Waals surface area contributed by atoms with Crippen molar-refractivity contribution in [2.24, 2.45) is 7.05 Å². The highest BCUT2D eigenvalue weighted by Crippen LogP contribution is 2.38. The topological polar surface area (TPSA) is 111 Å². The summed E-state index contributed by atoms with van der Waals surface area (Å²) < 4.78 is 19.5. The number of anilines is 1. The van der Waals surface area contributed by atoms with Gasteiger partial charge in [0.1, 0.15) is 29.1 Å². The summed E-state index contributed by atoms with van der Waals surface area (Å²) in [4.78, 5) is 18.1. The van der Waals surface area contributed by atoms with Gasteiger partial charge in [0.15, 0.2) is 0 Å². The highest BCUT2D eigenvalue weighted by atomic mass is 16.6. The van der Waals surface area contributed by atoms with Crippen molar-refractivity contribution < 1.29 is 24.1 Å². The van der Waals surface area contributed by atoms with Gasteiger partial charge in [-0.3, -0.25) is 9.48 Å². The Balaban J connectivity index is 1.45. The van der Waals surface area contributed by atoms with Crippen molar-refractivity contribution in [1.29, 1.82) is 0 Å². The van der Waals surface area contributed by atoms with Crippen LogP contribution in [0.15, 0.2) is 24.5 Å². The molecule has 2 aromatic rings. The number of aliphatic carboxylic acids is 1. The Bertz CT molecular complexity index is 1100. The lowest BCUT2D eigenvalue weighted by atomic mass is 9.90. The van der Waals surface area contributed by atoms with E-state index in [0.717, 1.165) is 11.3 Å². The van der Waals surface area contributed by atoms with Gasteiger partial charge >= 0.3 is 5.97 Å². The Kier molecular flexibility index (Phi) is 5.70. The maximum absolute atomic E-state index is 11.3. The summed E-state index contributed by atoms with van der Waals surface area (Å²) >= 11 is 0. The Labute approximate surface area is 191 Å². The van der Waals surface area contributed by atoms with Crippen molar-refractivity contribution in [3.8, 4) is 17.7 Å². The first kappa shape index (κ1) is 21.7. The molecule has 0 amide bonds. The highest BCUT2D eigenvalue weighted by molar-refractivity contribution is 5.74. The van der Waals surface area contributed by atoms with Gasteiger partial charge in [0.25, 0.3) is 0 Å². The van der Waals surface area contributed by atoms with Crippen LogP contribution in [-0.2, 0) is 21.3 Å². The molecule has 2 N–H and O–H groups in total. The molecule has 1 spiro atoms. The SMILES string of the molecule is C[C@@H]1N(c2cc(C#Cc3ccn(C)n3)cnc2O[C@@H]2CN[C@H](C(=O)O)C2)CCOC12COC2. The molecule has 0 aliphatic carbocycles. The zero-order valence-corrected chi connectivity index (χ0v) is 18.7. The predicted octanol–water partition coefficient (Wildman–Crippen LogP) is 0.403. The number of nitrogens with one attached hydrogen (secondary N) is 1. The number of hydrogen-bond acceptors (Lipinski definition) is 8. The Hall–Kier alpha value is -3.13. The molecule has 10 heteroatoms. The monoisotopic (exact) mass is 453 g/mol. The molecule has 33 heavy (non-hydrogen) atoms. The van der Waals surface area contributed by atoms with E-state index in [4.69, 9.17) is 14.2 Å². The molecule has 10 nitrogen and oxygen atoms in total. The molecule has 5 heterocycles. The molecule has 174 valence electrons. The van der Waals surface area contributed by atoms with E-state index in [1.165, 1.54) is 0 Å². The molecular formula is C23H27N5O5. The molecule has 3 aliphatic heterocycles. The molecule has 3 aliphatic rings. The van der Waals surface area contributed by atoms with Crippen LogP contribution in [0.1, 0.15) is 24.6 Å². The zero-order valence-electron chi connectivity index (χ0n) is 18.7. The maximum atomic E-state index is 11.3. The number of morpholine rings is 1. The number of ether oxygens (including phenoxy) is 3. The van der Waals surface area contributed by atoms with Gasteiger partial charge in [-0.25, -0.2) is 4.98 Å². The third-order valence-corrected chi connectivity index (χ3v) is 6.50. The fraction of sp³-hybridized carbons (Fsp3) is 0.522. The summed E-state index contributed by atoms with van der Waals surface area (Å²) in [6.45, 7) is 4.94. The number of carboxylic acids is 1. The molecule has 3 fully saturated rings. The standard InChI is InChI=1S/C23H27N5O5/c1-15-23(13-31-14-23)32-8-7-28(15)20-9-16(3-4-17-5-6-27(2)26-17)11-25-21(20)33-18-10-19(22(29)30)24-12-18/h5-6,9,11,15,18-19,24H,7-8,10,12-14H2,1-2H3,(H,29,30)/t15-,18-,19-/m0/s1. The normalized spacial score (nSPS) is 25.9. The fourth-order valence-corrected chi connectivity index (χ4v) is 4.46. The van der Waals surface area contributed by atoms with Crippen LogP contribution >= 0.6 is 0 Å². The lowest BCUT2D eigenvalue weighted by Gasteiger charge is -2.53. The van der Waals surface area contributed by atoms with Crippen LogP contribution in [0.3, 0.4) is 0 Å². The number of pyridine rings is 1. The van der Waals surface area contributed by atoms with Gasteiger partial charge in [0.2, 0.25) is 5.88 Å². The van der Waals surface area contributed by atoms with E-state index in [9.17, 15) is 9.90 Å². The Morgan fingerprint density at radius 2 is 2.24 bits per heavy atom. The third kappa shape index (κ3) is 4.27. The lowest BCUT2D eigenvalue weighted by Crippen LogP contribution is -2.68. The van der Waals surface area contributed by atoms with Gasteiger partial charge in [0.05, 0.1) is 25.9 Å². The van der Waals surface area contributed by atoms with Crippen LogP contribution in [0, 0.1) is 11.8 Å². The summed E-state index contributed by atoms with van der Waals surface area (Å²) in [5.41, 5.74) is 1.91. The van der Waals surface area contributed by atoms with Gasteiger partial charge < -0.3 is 29.5 Å². The van der Waals surface area contributed by atoms with Crippen molar-refractivity contribution >= 4 is 11.7 Å². The summed E-state index contributed by atoms with van der Waals surface area (Å²) in [5, 5.41) is 16.6. The van der Waals surface area contributed by atoms with Gasteiger partial charge in [-0.1, -0.05) is 5.92 Å². The molecule has 3 saturated heterocycles. The van der Waals surface area contributed by atoms with Crippen LogP contribution in [-0.4, -0.2) is 82.5 Å². The van der Waals surface area contributed by atoms with Crippen LogP contribution in [0.4, 0.5) is 5.69 Å². The second kappa shape index (κ2) is 8.67. The third-order valence-electron chi connectivity index (χ3n) is 6.50. The summed E-state index contributed by atoms with van der Waals surface area (Å²) in [5.74, 6) is 5.82. The molecule has 2 aromatic heterocycles. The first-order valence-corrected chi connectivity index (χ1v) is 11.1. The van der Waals surface area contributed by atoms with Crippen molar-refractivity contribution in [2.75, 3.05) is 37.8 Å². The lowest BCUT2D eigenvalue weighted by molar-refractivity contribution is -0.228. The number of aryl methyl sites for hydroxylation is 1. The summed E-state index contributed by atoms with van der Waals surface area (Å²) in [6, 6.07) is 3.27. The number of carboxylic acid groups (broad SMARTS) is 1. The Morgan fingerprint density at radius 1 is 1.39 bits per heavy atom. The van der Waals surface area contributed by atoms with Crippen LogP contribution in [0.25, 0.3) is 0 Å². The molecular weight excluding hydrogens is 426 g/mol. The van der Waals surface area contributed by atoms with Crippen molar-refractivity contribution in [3.63, 3.8) is 0 Å². The summed E-state index contributed by atoms with van der Waals surface area (Å²) in [6.07, 6.45) is 3.63. The van der Waals surface area contributed by atoms with E-state index in [1.54, 1.807) is 10.9 Å². The minimum Gasteiger partial charge on any atom is -0.480 e. The molecule has 0 bridgehead atoms. The highest BCUT2D eigenvalue weighted by Gasteiger charge is 2.50. The first-order chi connectivity index (χ1) is 15.9. The second-order valence-electron chi connectivity index (χ2n) is 8.72. The van der Waals surface area contributed by atoms with Crippen molar-refractivity contribution in [1.82, 2.24) is 20.1 Å². The van der Waals surface area contributed by atoms with Crippen LogP contribution in [0.5, 0.6) is 5.88 Å². The van der Waals surface area contributed by atoms with Gasteiger partial charge in [-0.2, -0.15) is 5.10 Å². The van der Waals surface area contributed by atoms with Gasteiger partial charge in [-0.05, 0) is 25.0 Å². The van der Waals surface area contributed by atoms with Crippen LogP contribution in [0.2, 0.25) is 0 Å². The van der Waals surface area contributed by atoms with Crippen molar-refractivity contribution in [2.45, 2.75) is 37.1 Å². The van der Waals surface area contributed by atoms with Gasteiger partial charge in [-0.15, -0.1) is 0 Å². The number of hydrogen-bond donors (Lipinski definition) is 2. The second-order valence-corrected chi connectivity index (χ2v) is 8.72. The van der Waals surface area contributed by atoms with E-state index in [2.05, 4.69) is 39.1 Å². The molecule has 0 saturated carbocycles. The zero-order chi connectivity index (χ0) is 23.0. The molecule has 0 aromatic carbocycles. The Morgan fingerprint density at radius 3 is 2.91 bits per heavy atom. The average molecular weight is 453 g/mol. The van der Waals surface area contributed by atoms with Crippen molar-refractivity contribution in [3.05, 3.63) is 35.8 Å². The van der Waals surface area contributed by atoms with Gasteiger partial charge in [0, 0.05) is 44.5 Å². The number of aromatic nitrogens is 3. The van der Waals surface area contributed by atoms with E-state index < -0.39 is 12.0 Å². The number of carbonyl (C=O) groups is 1. The number of rotatable bonds is 4. The molecule has 0 unspecified atom stereocenters. The quantitative estimate of drug-likeness (QED) is 0.636. The number of nitrogens with zero attached hydrogens (tertiary/aromatic N) is 4. The minimum atomic E-state index is -0.872. The fourth-order valence-electron chi connectivity index (χ4n) is 4.46. The van der Waals surface area contributed by atoms with E-state index >= 15 is 0 Å². The van der Waals surface area contributed by atoms with Crippen LogP contribution < -0.4 is 15.0 Å². The molecule has 0 radical (unpaired) electrons. The molecule has 3 atom stereocenters. The molecule has 5 rings (SSSR count). The van der Waals surface area contributed by atoms with E-state index in [0.29, 0.717) is 50.9 Å². The average Bonchev–Trinajstić information content (AvgIpc) is 3.41. The smallest absolute Gasteiger partial charge is 0.320 e. The largest absolute Gasteiger partial charge is 0.480 e. The minimum absolute atomic E-state index is 0.0524. The predicted molar refractivity (Wildman–Crippen MR) is 118 cm³/mol.